The third-order valence-electron chi connectivity index (χ3n) is 2.17. The summed E-state index contributed by atoms with van der Waals surface area (Å²) in [5.41, 5.74) is 4.80. The molecule has 100 valence electrons. The molecular formula is C9H19ClN4O2S. The van der Waals surface area contributed by atoms with Crippen molar-refractivity contribution in [2.24, 2.45) is 5.73 Å². The fraction of sp³-hybridized carbons (Fsp3) is 0.667. The van der Waals surface area contributed by atoms with Crippen LogP contribution in [0.3, 0.4) is 0 Å². The molecule has 1 heterocycles. The van der Waals surface area contributed by atoms with Crippen LogP contribution in [0.2, 0.25) is 0 Å². The fourth-order valence-electron chi connectivity index (χ4n) is 1.11. The minimum Gasteiger partial charge on any atom is -0.336 e. The molecule has 0 aromatic carbocycles. The number of imidazole rings is 1. The van der Waals surface area contributed by atoms with Crippen LogP contribution in [0.1, 0.15) is 20.8 Å². The van der Waals surface area contributed by atoms with Gasteiger partial charge in [-0.3, -0.25) is 0 Å². The van der Waals surface area contributed by atoms with E-state index >= 15 is 0 Å². The van der Waals surface area contributed by atoms with Crippen LogP contribution in [0.5, 0.6) is 0 Å². The summed E-state index contributed by atoms with van der Waals surface area (Å²) in [6, 6.07) is 0. The number of nitrogens with two attached hydrogens (primary N) is 1. The van der Waals surface area contributed by atoms with Gasteiger partial charge in [0, 0.05) is 24.8 Å². The second-order valence-electron chi connectivity index (χ2n) is 4.24. The van der Waals surface area contributed by atoms with Crippen LogP contribution in [-0.4, -0.2) is 30.1 Å². The number of halogens is 1. The van der Waals surface area contributed by atoms with Gasteiger partial charge in [-0.25, -0.2) is 18.1 Å². The third-order valence-corrected chi connectivity index (χ3v) is 3.75. The first-order valence-electron chi connectivity index (χ1n) is 5.06. The van der Waals surface area contributed by atoms with E-state index < -0.39 is 15.6 Å². The monoisotopic (exact) mass is 282 g/mol. The van der Waals surface area contributed by atoms with Gasteiger partial charge >= 0.3 is 0 Å². The summed E-state index contributed by atoms with van der Waals surface area (Å²) in [6.45, 7) is 6.27. The summed E-state index contributed by atoms with van der Waals surface area (Å²) in [7, 11) is -3.58. The number of hydrogen-bond donors (Lipinski definition) is 2. The average molecular weight is 283 g/mol. The topological polar surface area (TPSA) is 90.0 Å². The van der Waals surface area contributed by atoms with Gasteiger partial charge in [-0.05, 0) is 20.8 Å². The number of nitrogens with one attached hydrogen (secondary N) is 1. The summed E-state index contributed by atoms with van der Waals surface area (Å²) >= 11 is 0. The van der Waals surface area contributed by atoms with Gasteiger partial charge in [0.15, 0.2) is 5.03 Å². The van der Waals surface area contributed by atoms with E-state index in [0.29, 0.717) is 6.54 Å². The van der Waals surface area contributed by atoms with E-state index in [1.807, 2.05) is 6.92 Å². The van der Waals surface area contributed by atoms with Gasteiger partial charge in [-0.1, -0.05) is 0 Å². The quantitative estimate of drug-likeness (QED) is 0.815. The molecule has 0 aliphatic rings. The van der Waals surface area contributed by atoms with Gasteiger partial charge in [0.05, 0.1) is 6.33 Å². The van der Waals surface area contributed by atoms with Gasteiger partial charge in [0.25, 0.3) is 10.0 Å². The van der Waals surface area contributed by atoms with Crippen molar-refractivity contribution in [3.63, 3.8) is 0 Å². The highest BCUT2D eigenvalue weighted by atomic mass is 35.5. The zero-order valence-corrected chi connectivity index (χ0v) is 11.8. The zero-order chi connectivity index (χ0) is 12.4. The first-order chi connectivity index (χ1) is 7.30. The molecule has 1 aromatic rings. The van der Waals surface area contributed by atoms with Crippen molar-refractivity contribution in [3.05, 3.63) is 12.5 Å². The molecule has 0 unspecified atom stereocenters. The second-order valence-corrected chi connectivity index (χ2v) is 5.87. The van der Waals surface area contributed by atoms with Crippen LogP contribution in [-0.2, 0) is 16.6 Å². The van der Waals surface area contributed by atoms with Crippen molar-refractivity contribution in [3.8, 4) is 0 Å². The molecule has 0 fully saturated rings. The Bertz CT molecular complexity index is 455. The molecule has 0 atom stereocenters. The van der Waals surface area contributed by atoms with E-state index in [1.54, 1.807) is 18.4 Å². The molecule has 6 nitrogen and oxygen atoms in total. The maximum Gasteiger partial charge on any atom is 0.260 e. The molecular weight excluding hydrogens is 264 g/mol. The van der Waals surface area contributed by atoms with Gasteiger partial charge in [0.1, 0.15) is 0 Å². The first kappa shape index (κ1) is 16.4. The Morgan fingerprint density at radius 3 is 2.53 bits per heavy atom. The van der Waals surface area contributed by atoms with Crippen molar-refractivity contribution in [2.75, 3.05) is 6.54 Å². The fourth-order valence-corrected chi connectivity index (χ4v) is 2.48. The van der Waals surface area contributed by atoms with Crippen molar-refractivity contribution < 1.29 is 8.42 Å². The summed E-state index contributed by atoms with van der Waals surface area (Å²) in [5, 5.41) is 0.0240. The highest BCUT2D eigenvalue weighted by Crippen LogP contribution is 2.10. The number of aromatic nitrogens is 2. The lowest BCUT2D eigenvalue weighted by molar-refractivity contribution is 0.461. The van der Waals surface area contributed by atoms with Crippen molar-refractivity contribution in [1.29, 1.82) is 0 Å². The number of aryl methyl sites for hydroxylation is 1. The van der Waals surface area contributed by atoms with E-state index in [9.17, 15) is 8.42 Å². The van der Waals surface area contributed by atoms with Crippen LogP contribution in [0.4, 0.5) is 0 Å². The molecule has 0 spiro atoms. The van der Waals surface area contributed by atoms with Crippen molar-refractivity contribution in [2.45, 2.75) is 37.9 Å². The maximum atomic E-state index is 11.9. The minimum atomic E-state index is -3.58. The van der Waals surface area contributed by atoms with Crippen LogP contribution in [0, 0.1) is 0 Å². The van der Waals surface area contributed by atoms with Crippen LogP contribution >= 0.6 is 12.4 Å². The van der Waals surface area contributed by atoms with E-state index in [4.69, 9.17) is 5.73 Å². The Hall–Kier alpha value is -0.630. The van der Waals surface area contributed by atoms with Gasteiger partial charge < -0.3 is 10.3 Å². The van der Waals surface area contributed by atoms with Crippen molar-refractivity contribution >= 4 is 22.4 Å². The average Bonchev–Trinajstić information content (AvgIpc) is 2.65. The summed E-state index contributed by atoms with van der Waals surface area (Å²) in [6.07, 6.45) is 2.99. The predicted octanol–water partition coefficient (Wildman–Crippen LogP) is 0.340. The lowest BCUT2D eigenvalue weighted by Crippen LogP contribution is -2.48. The smallest absolute Gasteiger partial charge is 0.260 e. The summed E-state index contributed by atoms with van der Waals surface area (Å²) in [5.74, 6) is 0. The Morgan fingerprint density at radius 2 is 2.12 bits per heavy atom. The number of rotatable bonds is 5. The number of hydrogen-bond acceptors (Lipinski definition) is 4. The normalized spacial score (nSPS) is 12.2. The van der Waals surface area contributed by atoms with Crippen molar-refractivity contribution in [1.82, 2.24) is 14.3 Å². The van der Waals surface area contributed by atoms with Gasteiger partial charge in [-0.15, -0.1) is 12.4 Å². The molecule has 17 heavy (non-hydrogen) atoms. The molecule has 0 amide bonds. The summed E-state index contributed by atoms with van der Waals surface area (Å²) < 4.78 is 28.0. The van der Waals surface area contributed by atoms with Crippen LogP contribution in [0.15, 0.2) is 17.6 Å². The summed E-state index contributed by atoms with van der Waals surface area (Å²) in [4.78, 5) is 3.85. The molecule has 0 saturated heterocycles. The SMILES string of the molecule is CCn1cnc(S(=O)(=O)NC(C)(C)CN)c1.Cl. The highest BCUT2D eigenvalue weighted by Gasteiger charge is 2.26. The number of sulfonamides is 1. The molecule has 0 aliphatic heterocycles. The third kappa shape index (κ3) is 4.27. The number of nitrogens with zero attached hydrogens (tertiary/aromatic N) is 2. The largest absolute Gasteiger partial charge is 0.336 e. The second kappa shape index (κ2) is 5.81. The highest BCUT2D eigenvalue weighted by molar-refractivity contribution is 7.89. The molecule has 1 aromatic heterocycles. The standard InChI is InChI=1S/C9H18N4O2S.ClH/c1-4-13-5-8(11-7-13)16(14,15)12-9(2,3)6-10;/h5,7,12H,4,6,10H2,1-3H3;1H. The molecule has 3 N–H and O–H groups in total. The zero-order valence-electron chi connectivity index (χ0n) is 10.2. The Kier molecular flexibility index (Phi) is 5.60. The Balaban J connectivity index is 0.00000256. The van der Waals surface area contributed by atoms with E-state index in [1.165, 1.54) is 12.5 Å². The Morgan fingerprint density at radius 1 is 1.53 bits per heavy atom. The minimum absolute atomic E-state index is 0. The van der Waals surface area contributed by atoms with E-state index in [-0.39, 0.29) is 24.0 Å². The predicted molar refractivity (Wildman–Crippen MR) is 68.6 cm³/mol. The molecule has 0 saturated carbocycles. The first-order valence-corrected chi connectivity index (χ1v) is 6.55. The molecule has 0 radical (unpaired) electrons. The Labute approximate surface area is 108 Å². The van der Waals surface area contributed by atoms with Gasteiger partial charge in [-0.2, -0.15) is 0 Å². The van der Waals surface area contributed by atoms with Crippen LogP contribution in [0.25, 0.3) is 0 Å². The van der Waals surface area contributed by atoms with Gasteiger partial charge in [0.2, 0.25) is 0 Å². The molecule has 0 aliphatic carbocycles. The lowest BCUT2D eigenvalue weighted by Gasteiger charge is -2.22. The van der Waals surface area contributed by atoms with Crippen LogP contribution < -0.4 is 10.5 Å². The van der Waals surface area contributed by atoms with E-state index in [0.717, 1.165) is 0 Å². The maximum absolute atomic E-state index is 11.9. The molecule has 8 heteroatoms. The van der Waals surface area contributed by atoms with E-state index in [2.05, 4.69) is 9.71 Å². The molecule has 1 rings (SSSR count). The molecule has 0 bridgehead atoms. The lowest BCUT2D eigenvalue weighted by atomic mass is 10.1.